The van der Waals surface area contributed by atoms with Crippen LogP contribution in [0.2, 0.25) is 0 Å². The Morgan fingerprint density at radius 2 is 1.96 bits per heavy atom. The minimum absolute atomic E-state index is 0.113. The minimum Gasteiger partial charge on any atom is -0.507 e. The van der Waals surface area contributed by atoms with E-state index < -0.39 is 0 Å². The molecular weight excluding hydrogens is 348 g/mol. The fourth-order valence-corrected chi connectivity index (χ4v) is 4.22. The van der Waals surface area contributed by atoms with Crippen LogP contribution in [0.1, 0.15) is 11.3 Å². The average Bonchev–Trinajstić information content (AvgIpc) is 3.00. The van der Waals surface area contributed by atoms with Gasteiger partial charge in [0.1, 0.15) is 23.1 Å². The van der Waals surface area contributed by atoms with Crippen LogP contribution in [0, 0.1) is 6.92 Å². The van der Waals surface area contributed by atoms with Gasteiger partial charge in [-0.1, -0.05) is 12.1 Å². The predicted octanol–water partition coefficient (Wildman–Crippen LogP) is 2.73. The molecule has 0 amide bonds. The van der Waals surface area contributed by atoms with E-state index >= 15 is 0 Å². The highest BCUT2D eigenvalue weighted by Crippen LogP contribution is 2.33. The number of para-hydroxylation sites is 1. The van der Waals surface area contributed by atoms with Crippen molar-refractivity contribution in [2.45, 2.75) is 13.5 Å². The van der Waals surface area contributed by atoms with Crippen LogP contribution >= 0.6 is 11.3 Å². The van der Waals surface area contributed by atoms with Crippen molar-refractivity contribution >= 4 is 32.5 Å². The Balaban J connectivity index is 2.00. The number of nitrogens with zero attached hydrogens (tertiary/aromatic N) is 1. The number of aromatic nitrogens is 1. The molecule has 4 aromatic rings. The molecule has 0 radical (unpaired) electrons. The maximum atomic E-state index is 13.2. The van der Waals surface area contributed by atoms with E-state index in [4.69, 9.17) is 4.42 Å². The number of phenols is 1. The van der Waals surface area contributed by atoms with Gasteiger partial charge in [0.25, 0.3) is 0 Å². The van der Waals surface area contributed by atoms with Gasteiger partial charge in [-0.05, 0) is 31.2 Å². The summed E-state index contributed by atoms with van der Waals surface area (Å²) >= 11 is 1.48. The van der Waals surface area contributed by atoms with Gasteiger partial charge in [0.05, 0.1) is 40.8 Å². The van der Waals surface area contributed by atoms with Gasteiger partial charge >= 0.3 is 0 Å². The van der Waals surface area contributed by atoms with Crippen molar-refractivity contribution in [3.05, 3.63) is 57.9 Å². The van der Waals surface area contributed by atoms with Crippen LogP contribution in [0.4, 0.5) is 0 Å². The molecule has 132 valence electrons. The third-order valence-electron chi connectivity index (χ3n) is 4.35. The molecule has 4 rings (SSSR count). The molecule has 6 heteroatoms. The molecule has 2 aromatic heterocycles. The molecule has 0 spiro atoms. The third-order valence-corrected chi connectivity index (χ3v) is 5.41. The number of benzene rings is 2. The minimum atomic E-state index is -0.113. The Morgan fingerprint density at radius 3 is 2.69 bits per heavy atom. The lowest BCUT2D eigenvalue weighted by molar-refractivity contribution is -0.872. The van der Waals surface area contributed by atoms with Crippen molar-refractivity contribution in [2.24, 2.45) is 0 Å². The van der Waals surface area contributed by atoms with Crippen molar-refractivity contribution in [1.29, 1.82) is 0 Å². The smallest absolute Gasteiger partial charge is 0.203 e. The molecule has 0 atom stereocenters. The van der Waals surface area contributed by atoms with Gasteiger partial charge < -0.3 is 14.4 Å². The Morgan fingerprint density at radius 1 is 1.19 bits per heavy atom. The Hall–Kier alpha value is -2.70. The highest BCUT2D eigenvalue weighted by Gasteiger charge is 2.21. The number of rotatable bonds is 3. The monoisotopic (exact) mass is 367 g/mol. The molecule has 0 saturated heterocycles. The zero-order valence-electron chi connectivity index (χ0n) is 14.8. The second kappa shape index (κ2) is 6.23. The normalized spacial score (nSPS) is 11.7. The molecule has 2 aromatic carbocycles. The molecule has 0 aliphatic heterocycles. The first-order chi connectivity index (χ1) is 12.5. The largest absolute Gasteiger partial charge is 0.507 e. The van der Waals surface area contributed by atoms with Crippen LogP contribution in [0.3, 0.4) is 0 Å². The summed E-state index contributed by atoms with van der Waals surface area (Å²) in [6.45, 7) is 2.34. The lowest BCUT2D eigenvalue weighted by atomic mass is 10.1. The Kier molecular flexibility index (Phi) is 4.01. The fourth-order valence-electron chi connectivity index (χ4n) is 3.16. The second-order valence-electron chi connectivity index (χ2n) is 6.67. The first-order valence-corrected chi connectivity index (χ1v) is 9.20. The maximum Gasteiger partial charge on any atom is 0.203 e. The molecule has 0 saturated carbocycles. The standard InChI is InChI=1S/C20H18N2O3S/c1-11-17(20-21-14-6-4-5-7-16(14)26-20)18(24)12-8-9-15(23)13(10-22(2)3)19(12)25-11/h4-9,23H,10H2,1-3H3/p+1. The summed E-state index contributed by atoms with van der Waals surface area (Å²) < 4.78 is 7.06. The number of aryl methyl sites for hydroxylation is 1. The molecule has 5 nitrogen and oxygen atoms in total. The average molecular weight is 367 g/mol. The van der Waals surface area contributed by atoms with E-state index in [9.17, 15) is 9.90 Å². The number of quaternary nitrogens is 1. The SMILES string of the molecule is Cc1oc2c(C[NH+](C)C)c(O)ccc2c(=O)c1-c1nc2ccccc2s1. The van der Waals surface area contributed by atoms with Crippen LogP contribution in [-0.2, 0) is 6.54 Å². The summed E-state index contributed by atoms with van der Waals surface area (Å²) in [5.74, 6) is 0.663. The van der Waals surface area contributed by atoms with E-state index in [-0.39, 0.29) is 11.2 Å². The number of phenolic OH excluding ortho intramolecular Hbond substituents is 1. The molecule has 0 aliphatic rings. The summed E-state index contributed by atoms with van der Waals surface area (Å²) in [6, 6.07) is 11.0. The van der Waals surface area contributed by atoms with Gasteiger partial charge in [-0.2, -0.15) is 0 Å². The summed E-state index contributed by atoms with van der Waals surface area (Å²) in [5.41, 5.74) is 2.36. The van der Waals surface area contributed by atoms with Crippen LogP contribution in [0.25, 0.3) is 31.8 Å². The van der Waals surface area contributed by atoms with Gasteiger partial charge in [0.15, 0.2) is 5.58 Å². The molecular formula is C20H19N2O3S+. The van der Waals surface area contributed by atoms with Crippen LogP contribution in [0.5, 0.6) is 5.75 Å². The van der Waals surface area contributed by atoms with Crippen molar-refractivity contribution in [3.8, 4) is 16.3 Å². The zero-order valence-corrected chi connectivity index (χ0v) is 15.6. The summed E-state index contributed by atoms with van der Waals surface area (Å²) in [4.78, 5) is 18.9. The molecule has 0 bridgehead atoms. The van der Waals surface area contributed by atoms with E-state index in [0.29, 0.717) is 39.4 Å². The van der Waals surface area contributed by atoms with Gasteiger partial charge in [-0.15, -0.1) is 11.3 Å². The zero-order chi connectivity index (χ0) is 18.4. The molecule has 2 N–H and O–H groups in total. The summed E-state index contributed by atoms with van der Waals surface area (Å²) in [5, 5.41) is 11.4. The Labute approximate surface area is 154 Å². The third kappa shape index (κ3) is 2.67. The van der Waals surface area contributed by atoms with E-state index in [0.717, 1.165) is 15.1 Å². The van der Waals surface area contributed by atoms with Gasteiger partial charge in [-0.25, -0.2) is 4.98 Å². The molecule has 0 fully saturated rings. The number of aromatic hydroxyl groups is 1. The van der Waals surface area contributed by atoms with Crippen molar-refractivity contribution in [2.75, 3.05) is 14.1 Å². The highest BCUT2D eigenvalue weighted by atomic mass is 32.1. The van der Waals surface area contributed by atoms with Crippen LogP contribution in [-0.4, -0.2) is 24.2 Å². The molecule has 0 unspecified atom stereocenters. The van der Waals surface area contributed by atoms with E-state index in [2.05, 4.69) is 4.98 Å². The van der Waals surface area contributed by atoms with Crippen molar-refractivity contribution in [3.63, 3.8) is 0 Å². The van der Waals surface area contributed by atoms with Gasteiger partial charge in [-0.3, -0.25) is 4.79 Å². The number of hydrogen-bond acceptors (Lipinski definition) is 5. The number of thiazole rings is 1. The fraction of sp³-hybridized carbons (Fsp3) is 0.200. The number of fused-ring (bicyclic) bond motifs is 2. The lowest BCUT2D eigenvalue weighted by Crippen LogP contribution is -3.04. The first kappa shape index (κ1) is 16.8. The molecule has 2 heterocycles. The van der Waals surface area contributed by atoms with Crippen LogP contribution in [0.15, 0.2) is 45.6 Å². The second-order valence-corrected chi connectivity index (χ2v) is 7.70. The topological polar surface area (TPSA) is 67.8 Å². The summed E-state index contributed by atoms with van der Waals surface area (Å²) in [6.07, 6.45) is 0. The van der Waals surface area contributed by atoms with Gasteiger partial charge in [0.2, 0.25) is 5.43 Å². The van der Waals surface area contributed by atoms with E-state index in [1.807, 2.05) is 38.4 Å². The number of nitrogens with one attached hydrogen (secondary N) is 1. The lowest BCUT2D eigenvalue weighted by Gasteiger charge is -2.12. The quantitative estimate of drug-likeness (QED) is 0.584. The molecule has 26 heavy (non-hydrogen) atoms. The first-order valence-electron chi connectivity index (χ1n) is 8.39. The number of hydrogen-bond donors (Lipinski definition) is 2. The predicted molar refractivity (Wildman–Crippen MR) is 104 cm³/mol. The van der Waals surface area contributed by atoms with Crippen LogP contribution < -0.4 is 10.3 Å². The van der Waals surface area contributed by atoms with E-state index in [1.54, 1.807) is 19.1 Å². The Bertz CT molecular complexity index is 1160. The van der Waals surface area contributed by atoms with E-state index in [1.165, 1.54) is 11.3 Å². The highest BCUT2D eigenvalue weighted by molar-refractivity contribution is 7.21. The van der Waals surface area contributed by atoms with Crippen molar-refractivity contribution in [1.82, 2.24) is 4.98 Å². The maximum absolute atomic E-state index is 13.2. The van der Waals surface area contributed by atoms with Crippen molar-refractivity contribution < 1.29 is 14.4 Å². The summed E-state index contributed by atoms with van der Waals surface area (Å²) in [7, 11) is 3.97. The molecule has 0 aliphatic carbocycles. The van der Waals surface area contributed by atoms with Gasteiger partial charge in [0, 0.05) is 0 Å².